The van der Waals surface area contributed by atoms with Gasteiger partial charge in [-0.2, -0.15) is 0 Å². The molecule has 5 atom stereocenters. The Kier molecular flexibility index (Phi) is 15.3. The van der Waals surface area contributed by atoms with Crippen molar-refractivity contribution in [1.29, 1.82) is 0 Å². The first-order chi connectivity index (χ1) is 19.2. The summed E-state index contributed by atoms with van der Waals surface area (Å²) in [6.07, 6.45) is 11.6. The van der Waals surface area contributed by atoms with Crippen LogP contribution in [0.5, 0.6) is 0 Å². The molecule has 0 N–H and O–H groups in total. The molecule has 4 nitrogen and oxygen atoms in total. The van der Waals surface area contributed by atoms with Gasteiger partial charge in [0.2, 0.25) is 0 Å². The highest BCUT2D eigenvalue weighted by molar-refractivity contribution is 9.11. The summed E-state index contributed by atoms with van der Waals surface area (Å²) in [5, 5.41) is 0.249. The van der Waals surface area contributed by atoms with Crippen molar-refractivity contribution in [1.82, 2.24) is 0 Å². The Labute approximate surface area is 269 Å². The fraction of sp³-hybridized carbons (Fsp3) is 0.743. The van der Waals surface area contributed by atoms with E-state index in [4.69, 9.17) is 13.6 Å². The number of halogens is 1. The third-order valence-corrected chi connectivity index (χ3v) is 19.3. The number of hydrogen-bond donors (Lipinski definition) is 0. The SMILES string of the molecule is C=C1C[C@@H](O[Si](C)(C)C(C)(C)C)[C@H](/C=C/[C@@H](O[Si](C)(C)C(C)(C)C)C(C)CC#CC)C1C/C(Br)=C/CCCC(=O)OC. The van der Waals surface area contributed by atoms with Crippen LogP contribution in [0.4, 0.5) is 0 Å². The average Bonchev–Trinajstić information content (AvgIpc) is 3.13. The molecule has 0 aromatic rings. The minimum absolute atomic E-state index is 0.00733. The van der Waals surface area contributed by atoms with Gasteiger partial charge in [0.25, 0.3) is 0 Å². The molecule has 0 aromatic heterocycles. The Morgan fingerprint density at radius 1 is 1.12 bits per heavy atom. The Bertz CT molecular complexity index is 1020. The van der Waals surface area contributed by atoms with Crippen LogP contribution in [-0.4, -0.2) is 41.9 Å². The van der Waals surface area contributed by atoms with E-state index in [1.54, 1.807) is 0 Å². The Morgan fingerprint density at radius 2 is 1.71 bits per heavy atom. The average molecular weight is 682 g/mol. The first-order valence-corrected chi connectivity index (χ1v) is 22.3. The van der Waals surface area contributed by atoms with E-state index < -0.39 is 16.6 Å². The number of carbonyl (C=O) groups excluding carboxylic acids is 1. The predicted molar refractivity (Wildman–Crippen MR) is 189 cm³/mol. The number of esters is 1. The van der Waals surface area contributed by atoms with E-state index >= 15 is 0 Å². The largest absolute Gasteiger partial charge is 0.469 e. The molecule has 0 saturated heterocycles. The van der Waals surface area contributed by atoms with E-state index in [1.165, 1.54) is 12.7 Å². The maximum Gasteiger partial charge on any atom is 0.305 e. The maximum atomic E-state index is 11.5. The molecule has 0 aromatic carbocycles. The maximum absolute atomic E-state index is 11.5. The van der Waals surface area contributed by atoms with Crippen LogP contribution in [0.3, 0.4) is 0 Å². The zero-order valence-electron chi connectivity index (χ0n) is 29.1. The minimum atomic E-state index is -2.00. The molecule has 0 amide bonds. The van der Waals surface area contributed by atoms with Crippen LogP contribution in [0.15, 0.2) is 34.9 Å². The van der Waals surface area contributed by atoms with Crippen molar-refractivity contribution in [2.24, 2.45) is 17.8 Å². The summed E-state index contributed by atoms with van der Waals surface area (Å²) in [6, 6.07) is 0. The van der Waals surface area contributed by atoms with E-state index in [0.717, 1.165) is 36.6 Å². The van der Waals surface area contributed by atoms with Crippen molar-refractivity contribution in [3.8, 4) is 11.8 Å². The summed E-state index contributed by atoms with van der Waals surface area (Å²) in [4.78, 5) is 11.5. The quantitative estimate of drug-likeness (QED) is 0.0602. The molecule has 2 unspecified atom stereocenters. The van der Waals surface area contributed by atoms with Gasteiger partial charge in [-0.1, -0.05) is 94.8 Å². The van der Waals surface area contributed by atoms with E-state index in [2.05, 4.69) is 127 Å². The Morgan fingerprint density at radius 3 is 2.24 bits per heavy atom. The number of unbranched alkanes of at least 4 members (excludes halogenated alkanes) is 1. The number of hydrogen-bond acceptors (Lipinski definition) is 4. The van der Waals surface area contributed by atoms with Gasteiger partial charge >= 0.3 is 5.97 Å². The molecule has 7 heteroatoms. The molecule has 42 heavy (non-hydrogen) atoms. The molecule has 1 rings (SSSR count). The summed E-state index contributed by atoms with van der Waals surface area (Å²) in [7, 11) is -2.56. The predicted octanol–water partition coefficient (Wildman–Crippen LogP) is 10.6. The third-order valence-electron chi connectivity index (χ3n) is 9.65. The molecule has 0 aliphatic heterocycles. The van der Waals surface area contributed by atoms with Crippen molar-refractivity contribution in [3.63, 3.8) is 0 Å². The van der Waals surface area contributed by atoms with Crippen molar-refractivity contribution in [2.45, 2.75) is 142 Å². The lowest BCUT2D eigenvalue weighted by Crippen LogP contribution is -2.45. The van der Waals surface area contributed by atoms with Crippen molar-refractivity contribution in [3.05, 3.63) is 34.9 Å². The van der Waals surface area contributed by atoms with E-state index in [1.807, 2.05) is 6.92 Å². The second-order valence-electron chi connectivity index (χ2n) is 15.1. The van der Waals surface area contributed by atoms with Gasteiger partial charge in [-0.3, -0.25) is 4.79 Å². The van der Waals surface area contributed by atoms with Crippen molar-refractivity contribution in [2.75, 3.05) is 7.11 Å². The highest BCUT2D eigenvalue weighted by Crippen LogP contribution is 2.47. The molecule has 1 aliphatic carbocycles. The number of allylic oxidation sites excluding steroid dienone is 2. The van der Waals surface area contributed by atoms with Crippen LogP contribution >= 0.6 is 15.9 Å². The van der Waals surface area contributed by atoms with Gasteiger partial charge in [0.05, 0.1) is 19.3 Å². The van der Waals surface area contributed by atoms with Gasteiger partial charge in [0.1, 0.15) is 0 Å². The molecule has 240 valence electrons. The summed E-state index contributed by atoms with van der Waals surface area (Å²) in [5.74, 6) is 6.96. The van der Waals surface area contributed by atoms with Crippen LogP contribution in [0, 0.1) is 29.6 Å². The summed E-state index contributed by atoms with van der Waals surface area (Å²) < 4.78 is 20.1. The van der Waals surface area contributed by atoms with Gasteiger partial charge in [-0.25, -0.2) is 0 Å². The lowest BCUT2D eigenvalue weighted by atomic mass is 9.88. The van der Waals surface area contributed by atoms with Gasteiger partial charge < -0.3 is 13.6 Å². The molecule has 0 spiro atoms. The number of rotatable bonds is 14. The first-order valence-electron chi connectivity index (χ1n) is 15.7. The van der Waals surface area contributed by atoms with Crippen molar-refractivity contribution < 1.29 is 18.4 Å². The third kappa shape index (κ3) is 11.9. The van der Waals surface area contributed by atoms with Crippen molar-refractivity contribution >= 4 is 38.5 Å². The fourth-order valence-corrected chi connectivity index (χ4v) is 7.94. The molecule has 0 bridgehead atoms. The van der Waals surface area contributed by atoms with E-state index in [9.17, 15) is 4.79 Å². The molecule has 1 fully saturated rings. The molecule has 1 saturated carbocycles. The lowest BCUT2D eigenvalue weighted by Gasteiger charge is -2.41. The van der Waals surface area contributed by atoms with Gasteiger partial charge in [0, 0.05) is 18.8 Å². The molecule has 0 heterocycles. The Hall–Kier alpha value is -0.916. The molecular weight excluding hydrogens is 620 g/mol. The van der Waals surface area contributed by atoms with Gasteiger partial charge in [0.15, 0.2) is 16.6 Å². The van der Waals surface area contributed by atoms with E-state index in [0.29, 0.717) is 6.42 Å². The number of carbonyl (C=O) groups is 1. The second kappa shape index (κ2) is 16.4. The van der Waals surface area contributed by atoms with Gasteiger partial charge in [-0.15, -0.1) is 11.8 Å². The number of ether oxygens (including phenoxy) is 1. The number of methoxy groups -OCH3 is 1. The normalized spacial score (nSPS) is 22.2. The van der Waals surface area contributed by atoms with E-state index in [-0.39, 0.29) is 46.0 Å². The smallest absolute Gasteiger partial charge is 0.305 e. The van der Waals surface area contributed by atoms with Crippen LogP contribution in [-0.2, 0) is 18.4 Å². The monoisotopic (exact) mass is 680 g/mol. The highest BCUT2D eigenvalue weighted by Gasteiger charge is 2.45. The molecule has 0 radical (unpaired) electrons. The van der Waals surface area contributed by atoms with Crippen LogP contribution < -0.4 is 0 Å². The summed E-state index contributed by atoms with van der Waals surface area (Å²) in [6.45, 7) is 31.9. The van der Waals surface area contributed by atoms with Crippen LogP contribution in [0.25, 0.3) is 0 Å². The summed E-state index contributed by atoms with van der Waals surface area (Å²) >= 11 is 3.85. The zero-order valence-corrected chi connectivity index (χ0v) is 32.7. The topological polar surface area (TPSA) is 44.8 Å². The zero-order chi connectivity index (χ0) is 32.5. The molecular formula is C35H61BrO4Si2. The van der Waals surface area contributed by atoms with Crippen LogP contribution in [0.1, 0.15) is 93.9 Å². The second-order valence-corrected chi connectivity index (χ2v) is 25.7. The minimum Gasteiger partial charge on any atom is -0.469 e. The summed E-state index contributed by atoms with van der Waals surface area (Å²) in [5.41, 5.74) is 1.25. The highest BCUT2D eigenvalue weighted by atomic mass is 79.9. The first kappa shape index (κ1) is 39.1. The fourth-order valence-electron chi connectivity index (χ4n) is 4.67. The lowest BCUT2D eigenvalue weighted by molar-refractivity contribution is -0.140. The standard InChI is InChI=1S/C35H61BrO4Si2/c1-15-16-19-26(2)31(39-41(11,12)34(4,5)6)23-22-29-30(25-28(36)20-17-18-21-33(37)38-10)27(3)24-32(29)40-42(13,14)35(7,8)9/h20,22-23,26,29-32H,3,17-19,21,24-25H2,1-2,4-14H3/b23-22+,28-20-/t26?,29-,30?,31-,32-/m1/s1. The molecule has 1 aliphatic rings. The Balaban J connectivity index is 3.40. The van der Waals surface area contributed by atoms with Crippen LogP contribution in [0.2, 0.25) is 36.3 Å². The van der Waals surface area contributed by atoms with Gasteiger partial charge in [-0.05, 0) is 85.2 Å².